The summed E-state index contributed by atoms with van der Waals surface area (Å²) in [5.74, 6) is 0. The summed E-state index contributed by atoms with van der Waals surface area (Å²) in [6, 6.07) is 33.1. The van der Waals surface area contributed by atoms with Crippen molar-refractivity contribution in [1.29, 1.82) is 0 Å². The van der Waals surface area contributed by atoms with Gasteiger partial charge in [0.05, 0.1) is 0 Å². The molecule has 0 heterocycles. The van der Waals surface area contributed by atoms with Gasteiger partial charge in [-0.05, 0) is 54.2 Å². The molecule has 0 spiro atoms. The Balaban J connectivity index is 1.93. The second-order valence-electron chi connectivity index (χ2n) is 7.33. The minimum absolute atomic E-state index is 1.26. The number of benzene rings is 4. The molecule has 0 saturated carbocycles. The van der Waals surface area contributed by atoms with Gasteiger partial charge < -0.3 is 0 Å². The van der Waals surface area contributed by atoms with E-state index in [0.29, 0.717) is 0 Å². The SMILES string of the molecule is Cc1ccc(-c2ccccc2-c2cc(C)ccc2-c2ccc(C)cc2)cc1. The van der Waals surface area contributed by atoms with Crippen LogP contribution >= 0.6 is 0 Å². The fourth-order valence-corrected chi connectivity index (χ4v) is 3.57. The van der Waals surface area contributed by atoms with Crippen LogP contribution in [0, 0.1) is 20.8 Å². The summed E-state index contributed by atoms with van der Waals surface area (Å²) in [4.78, 5) is 0. The van der Waals surface area contributed by atoms with E-state index in [1.54, 1.807) is 0 Å². The van der Waals surface area contributed by atoms with Crippen LogP contribution in [0.4, 0.5) is 0 Å². The molecule has 4 aromatic carbocycles. The van der Waals surface area contributed by atoms with Gasteiger partial charge in [0.2, 0.25) is 0 Å². The minimum atomic E-state index is 1.26. The Bertz CT molecular complexity index is 1070. The highest BCUT2D eigenvalue weighted by Gasteiger charge is 2.12. The van der Waals surface area contributed by atoms with Crippen LogP contribution in [-0.4, -0.2) is 0 Å². The molecule has 4 aromatic rings. The van der Waals surface area contributed by atoms with Crippen LogP contribution in [0.3, 0.4) is 0 Å². The van der Waals surface area contributed by atoms with Crippen molar-refractivity contribution in [1.82, 2.24) is 0 Å². The van der Waals surface area contributed by atoms with Gasteiger partial charge in [0, 0.05) is 0 Å². The molecule has 27 heavy (non-hydrogen) atoms. The lowest BCUT2D eigenvalue weighted by atomic mass is 9.88. The van der Waals surface area contributed by atoms with E-state index >= 15 is 0 Å². The van der Waals surface area contributed by atoms with Gasteiger partial charge >= 0.3 is 0 Å². The first-order chi connectivity index (χ1) is 13.1. The molecule has 0 aliphatic heterocycles. The summed E-state index contributed by atoms with van der Waals surface area (Å²) < 4.78 is 0. The van der Waals surface area contributed by atoms with E-state index in [1.165, 1.54) is 50.1 Å². The lowest BCUT2D eigenvalue weighted by Gasteiger charge is -2.16. The molecular weight excluding hydrogens is 324 g/mol. The van der Waals surface area contributed by atoms with E-state index in [1.807, 2.05) is 0 Å². The van der Waals surface area contributed by atoms with Crippen LogP contribution < -0.4 is 0 Å². The molecule has 0 aliphatic carbocycles. The Kier molecular flexibility index (Phi) is 4.64. The van der Waals surface area contributed by atoms with Gasteiger partial charge in [-0.15, -0.1) is 0 Å². The molecule has 0 aromatic heterocycles. The van der Waals surface area contributed by atoms with Crippen molar-refractivity contribution in [2.24, 2.45) is 0 Å². The monoisotopic (exact) mass is 348 g/mol. The molecule has 0 nitrogen and oxygen atoms in total. The van der Waals surface area contributed by atoms with Gasteiger partial charge in [0.15, 0.2) is 0 Å². The largest absolute Gasteiger partial charge is 0.0616 e. The summed E-state index contributed by atoms with van der Waals surface area (Å²) in [6.45, 7) is 6.43. The van der Waals surface area contributed by atoms with E-state index < -0.39 is 0 Å². The van der Waals surface area contributed by atoms with Crippen molar-refractivity contribution in [2.75, 3.05) is 0 Å². The first kappa shape index (κ1) is 17.3. The maximum absolute atomic E-state index is 2.31. The van der Waals surface area contributed by atoms with Crippen LogP contribution in [0.5, 0.6) is 0 Å². The molecule has 0 amide bonds. The molecule has 0 fully saturated rings. The third-order valence-electron chi connectivity index (χ3n) is 5.12. The molecule has 4 rings (SSSR count). The Morgan fingerprint density at radius 1 is 0.370 bits per heavy atom. The molecule has 0 atom stereocenters. The zero-order chi connectivity index (χ0) is 18.8. The molecule has 0 N–H and O–H groups in total. The van der Waals surface area contributed by atoms with E-state index in [0.717, 1.165) is 0 Å². The average Bonchev–Trinajstić information content (AvgIpc) is 2.69. The number of aryl methyl sites for hydroxylation is 3. The van der Waals surface area contributed by atoms with Crippen molar-refractivity contribution < 1.29 is 0 Å². The average molecular weight is 348 g/mol. The van der Waals surface area contributed by atoms with Gasteiger partial charge in [0.25, 0.3) is 0 Å². The third kappa shape index (κ3) is 3.57. The fraction of sp³-hybridized carbons (Fsp3) is 0.111. The standard InChI is InChI=1S/C27H24/c1-19-8-13-22(14-9-19)24-6-4-5-7-26(24)27-18-21(3)12-17-25(27)23-15-10-20(2)11-16-23/h4-18H,1-3H3. The van der Waals surface area contributed by atoms with Crippen LogP contribution in [0.1, 0.15) is 16.7 Å². The summed E-state index contributed by atoms with van der Waals surface area (Å²) in [5, 5.41) is 0. The van der Waals surface area contributed by atoms with Gasteiger partial charge in [-0.2, -0.15) is 0 Å². The van der Waals surface area contributed by atoms with E-state index in [9.17, 15) is 0 Å². The summed E-state index contributed by atoms with van der Waals surface area (Å²) in [5.41, 5.74) is 11.5. The molecular formula is C27H24. The maximum Gasteiger partial charge on any atom is -0.00965 e. The van der Waals surface area contributed by atoms with E-state index in [2.05, 4.69) is 112 Å². The summed E-state index contributed by atoms with van der Waals surface area (Å²) >= 11 is 0. The first-order valence-corrected chi connectivity index (χ1v) is 9.46. The highest BCUT2D eigenvalue weighted by molar-refractivity contribution is 5.91. The van der Waals surface area contributed by atoms with Gasteiger partial charge in [0.1, 0.15) is 0 Å². The highest BCUT2D eigenvalue weighted by atomic mass is 14.2. The predicted molar refractivity (Wildman–Crippen MR) is 117 cm³/mol. The topological polar surface area (TPSA) is 0 Å². The van der Waals surface area contributed by atoms with Crippen molar-refractivity contribution in [2.45, 2.75) is 20.8 Å². The molecule has 0 aliphatic rings. The van der Waals surface area contributed by atoms with Crippen molar-refractivity contribution in [3.8, 4) is 33.4 Å². The third-order valence-corrected chi connectivity index (χ3v) is 5.12. The zero-order valence-corrected chi connectivity index (χ0v) is 16.2. The second kappa shape index (κ2) is 7.25. The van der Waals surface area contributed by atoms with Gasteiger partial charge in [-0.3, -0.25) is 0 Å². The van der Waals surface area contributed by atoms with Crippen LogP contribution in [0.25, 0.3) is 33.4 Å². The molecule has 0 radical (unpaired) electrons. The lowest BCUT2D eigenvalue weighted by molar-refractivity contribution is 1.44. The molecule has 0 saturated heterocycles. The maximum atomic E-state index is 2.31. The number of hydrogen-bond donors (Lipinski definition) is 0. The van der Waals surface area contributed by atoms with Gasteiger partial charge in [-0.25, -0.2) is 0 Å². The Labute approximate surface area is 162 Å². The smallest absolute Gasteiger partial charge is 0.00965 e. The quantitative estimate of drug-likeness (QED) is 0.357. The molecule has 0 heteroatoms. The molecule has 132 valence electrons. The minimum Gasteiger partial charge on any atom is -0.0616 e. The van der Waals surface area contributed by atoms with Crippen LogP contribution in [0.2, 0.25) is 0 Å². The molecule has 0 bridgehead atoms. The Morgan fingerprint density at radius 3 is 1.37 bits per heavy atom. The highest BCUT2D eigenvalue weighted by Crippen LogP contribution is 2.38. The normalized spacial score (nSPS) is 10.8. The van der Waals surface area contributed by atoms with Crippen molar-refractivity contribution in [3.63, 3.8) is 0 Å². The number of rotatable bonds is 3. The predicted octanol–water partition coefficient (Wildman–Crippen LogP) is 7.61. The lowest BCUT2D eigenvalue weighted by Crippen LogP contribution is -1.90. The van der Waals surface area contributed by atoms with Crippen LogP contribution in [-0.2, 0) is 0 Å². The molecule has 0 unspecified atom stereocenters. The van der Waals surface area contributed by atoms with E-state index in [4.69, 9.17) is 0 Å². The fourth-order valence-electron chi connectivity index (χ4n) is 3.57. The number of hydrogen-bond acceptors (Lipinski definition) is 0. The summed E-state index contributed by atoms with van der Waals surface area (Å²) in [7, 11) is 0. The van der Waals surface area contributed by atoms with E-state index in [-0.39, 0.29) is 0 Å². The van der Waals surface area contributed by atoms with Crippen LogP contribution in [0.15, 0.2) is 91.0 Å². The van der Waals surface area contributed by atoms with Crippen molar-refractivity contribution in [3.05, 3.63) is 108 Å². The van der Waals surface area contributed by atoms with Crippen molar-refractivity contribution >= 4 is 0 Å². The Hall–Kier alpha value is -3.12. The summed E-state index contributed by atoms with van der Waals surface area (Å²) in [6.07, 6.45) is 0. The zero-order valence-electron chi connectivity index (χ0n) is 16.2. The Morgan fingerprint density at radius 2 is 0.815 bits per heavy atom. The first-order valence-electron chi connectivity index (χ1n) is 9.46. The second-order valence-corrected chi connectivity index (χ2v) is 7.33. The van der Waals surface area contributed by atoms with Gasteiger partial charge in [-0.1, -0.05) is 108 Å².